The molecular weight excluding hydrogens is 808 g/mol. The number of pyridine rings is 1. The molecule has 2 aromatic rings. The summed E-state index contributed by atoms with van der Waals surface area (Å²) >= 11 is 0. The number of carbonyl (C=O) groups is 4. The van der Waals surface area contributed by atoms with Crippen molar-refractivity contribution in [2.24, 2.45) is 11.8 Å². The number of unbranched alkanes of at least 4 members (excludes halogenated alkanes) is 2. The Morgan fingerprint density at radius 3 is 2.60 bits per heavy atom. The lowest BCUT2D eigenvalue weighted by atomic mass is 9.87. The van der Waals surface area contributed by atoms with E-state index >= 15 is 0 Å². The Kier molecular flexibility index (Phi) is 13.3. The van der Waals surface area contributed by atoms with Crippen molar-refractivity contribution in [2.75, 3.05) is 19.4 Å². The minimum Gasteiger partial charge on any atom is -0.497 e. The Balaban J connectivity index is 1.35. The first kappa shape index (κ1) is 44.9. The number of alkyl halides is 3. The monoisotopic (exact) mass is 863 g/mol. The average Bonchev–Trinajstić information content (AvgIpc) is 3.76. The molecule has 4 heterocycles. The van der Waals surface area contributed by atoms with E-state index in [1.807, 2.05) is 25.1 Å². The fourth-order valence-corrected chi connectivity index (χ4v) is 9.87. The van der Waals surface area contributed by atoms with E-state index in [0.717, 1.165) is 22.9 Å². The summed E-state index contributed by atoms with van der Waals surface area (Å²) in [6, 6.07) is 2.86. The van der Waals surface area contributed by atoms with Crippen LogP contribution in [-0.2, 0) is 35.6 Å². The summed E-state index contributed by atoms with van der Waals surface area (Å²) in [7, 11) is -2.48. The number of fused-ring (bicyclic) bond motifs is 5. The number of benzene rings is 1. The molecule has 4 aliphatic rings. The maximum Gasteiger partial charge on any atom is 0.425 e. The molecule has 60 heavy (non-hydrogen) atoms. The predicted octanol–water partition coefficient (Wildman–Crippen LogP) is 5.93. The summed E-state index contributed by atoms with van der Waals surface area (Å²) in [4.78, 5) is 62.5. The van der Waals surface area contributed by atoms with Gasteiger partial charge in [-0.15, -0.1) is 0 Å². The van der Waals surface area contributed by atoms with E-state index in [1.54, 1.807) is 26.2 Å². The van der Waals surface area contributed by atoms with Crippen molar-refractivity contribution < 1.29 is 55.0 Å². The van der Waals surface area contributed by atoms with Crippen LogP contribution in [0.4, 0.5) is 18.0 Å². The van der Waals surface area contributed by atoms with E-state index in [2.05, 4.69) is 15.4 Å². The first-order valence-electron chi connectivity index (χ1n) is 20.9. The fourth-order valence-electron chi connectivity index (χ4n) is 8.71. The van der Waals surface area contributed by atoms with Gasteiger partial charge in [0, 0.05) is 23.3 Å². The van der Waals surface area contributed by atoms with Crippen molar-refractivity contribution in [1.82, 2.24) is 25.2 Å². The van der Waals surface area contributed by atoms with Crippen molar-refractivity contribution in [2.45, 2.75) is 140 Å². The Hall–Kier alpha value is -4.61. The lowest BCUT2D eigenvalue weighted by Crippen LogP contribution is -2.58. The smallest absolute Gasteiger partial charge is 0.425 e. The maximum absolute atomic E-state index is 14.8. The Morgan fingerprint density at radius 1 is 1.13 bits per heavy atom. The molecule has 4 amide bonds. The molecule has 6 rings (SSSR count). The molecule has 2 fully saturated rings. The summed E-state index contributed by atoms with van der Waals surface area (Å²) in [5.74, 6) is -3.15. The molecule has 1 aliphatic carbocycles. The van der Waals surface area contributed by atoms with Crippen LogP contribution in [0, 0.1) is 18.8 Å². The molecule has 14 nitrogen and oxygen atoms in total. The van der Waals surface area contributed by atoms with Crippen LogP contribution in [-0.4, -0.2) is 97.0 Å². The van der Waals surface area contributed by atoms with Crippen LogP contribution in [0.25, 0.3) is 10.9 Å². The Labute approximate surface area is 348 Å². The van der Waals surface area contributed by atoms with E-state index in [0.29, 0.717) is 68.6 Å². The van der Waals surface area contributed by atoms with Gasteiger partial charge in [0.15, 0.2) is 0 Å². The van der Waals surface area contributed by atoms with Crippen molar-refractivity contribution >= 4 is 44.7 Å². The van der Waals surface area contributed by atoms with Gasteiger partial charge in [0.05, 0.1) is 30.6 Å². The zero-order valence-corrected chi connectivity index (χ0v) is 35.6. The summed E-state index contributed by atoms with van der Waals surface area (Å²) in [6.07, 6.45) is -0.146. The molecular formula is C42H56F3N5O9S. The van der Waals surface area contributed by atoms with E-state index in [1.165, 1.54) is 18.7 Å². The maximum atomic E-state index is 14.8. The molecule has 1 aromatic heterocycles. The van der Waals surface area contributed by atoms with Gasteiger partial charge < -0.3 is 29.7 Å². The normalized spacial score (nSPS) is 27.0. The van der Waals surface area contributed by atoms with E-state index in [4.69, 9.17) is 19.2 Å². The van der Waals surface area contributed by atoms with Gasteiger partial charge in [-0.25, -0.2) is 18.2 Å². The minimum atomic E-state index is -4.86. The number of alkyl carbamates (subject to hydrolysis) is 1. The average molecular weight is 864 g/mol. The molecule has 0 bridgehead atoms. The van der Waals surface area contributed by atoms with Crippen LogP contribution in [0.5, 0.6) is 11.5 Å². The quantitative estimate of drug-likeness (QED) is 0.191. The first-order valence-corrected chi connectivity index (χ1v) is 22.5. The number of aryl methyl sites for hydroxylation is 2. The molecule has 1 spiro atoms. The van der Waals surface area contributed by atoms with Crippen LogP contribution < -0.4 is 24.8 Å². The number of hydrogen-bond acceptors (Lipinski definition) is 10. The van der Waals surface area contributed by atoms with Crippen LogP contribution in [0.1, 0.15) is 103 Å². The van der Waals surface area contributed by atoms with Crippen LogP contribution in [0.15, 0.2) is 30.4 Å². The molecule has 1 unspecified atom stereocenters. The number of nitrogens with zero attached hydrogens (tertiary/aromatic N) is 2. The number of sulfonamides is 1. The van der Waals surface area contributed by atoms with Crippen LogP contribution in [0.3, 0.4) is 0 Å². The van der Waals surface area contributed by atoms with Gasteiger partial charge >= 0.3 is 12.3 Å². The number of ether oxygens (including phenoxy) is 3. The zero-order valence-electron chi connectivity index (χ0n) is 34.8. The molecule has 18 heteroatoms. The van der Waals surface area contributed by atoms with Gasteiger partial charge in [-0.1, -0.05) is 58.6 Å². The highest BCUT2D eigenvalue weighted by atomic mass is 32.2. The van der Waals surface area contributed by atoms with Crippen molar-refractivity contribution in [3.63, 3.8) is 0 Å². The number of methoxy groups -OCH3 is 1. The molecule has 6 atom stereocenters. The third-order valence-electron chi connectivity index (χ3n) is 12.1. The first-order chi connectivity index (χ1) is 28.3. The van der Waals surface area contributed by atoms with Gasteiger partial charge in [0.1, 0.15) is 34.7 Å². The van der Waals surface area contributed by atoms with Crippen LogP contribution >= 0.6 is 0 Å². The topological polar surface area (TPSA) is 182 Å². The number of hydrogen-bond donors (Lipinski definition) is 3. The third-order valence-corrected chi connectivity index (χ3v) is 13.4. The second kappa shape index (κ2) is 17.8. The van der Waals surface area contributed by atoms with Gasteiger partial charge in [0.2, 0.25) is 27.9 Å². The summed E-state index contributed by atoms with van der Waals surface area (Å²) in [5, 5.41) is 6.05. The number of nitrogens with one attached hydrogen (secondary N) is 3. The molecule has 3 N–H and O–H groups in total. The number of halogens is 3. The molecule has 3 aliphatic heterocycles. The number of amides is 4. The number of rotatable bonds is 10. The fraction of sp³-hybridized carbons (Fsp3) is 0.643. The van der Waals surface area contributed by atoms with Gasteiger partial charge in [-0.2, -0.15) is 13.2 Å². The molecule has 1 saturated heterocycles. The van der Waals surface area contributed by atoms with Crippen molar-refractivity contribution in [1.29, 1.82) is 0 Å². The summed E-state index contributed by atoms with van der Waals surface area (Å²) < 4.78 is 86.8. The molecule has 1 aromatic carbocycles. The SMILES string of the molecule is CCCCCS(=O)(=O)NC(=O)[C@@]12C[C@H]1/C=C\CCCCC[C@H](NC(=O)OC(C(C)C)C(F)(F)F)C(=O)N1C[C@@]3(CCc4c(c(C)nc5ccc(OC)cc45)O3)C[C@H]1C(=O)N2. The zero-order chi connectivity index (χ0) is 43.6. The minimum absolute atomic E-state index is 0.0409. The van der Waals surface area contributed by atoms with E-state index < -0.39 is 81.2 Å². The second-order valence-electron chi connectivity index (χ2n) is 17.0. The largest absolute Gasteiger partial charge is 0.497 e. The van der Waals surface area contributed by atoms with Gasteiger partial charge in [-0.3, -0.25) is 19.1 Å². The number of carbonyl (C=O) groups excluding carboxylic acids is 4. The van der Waals surface area contributed by atoms with Crippen molar-refractivity contribution in [3.8, 4) is 11.5 Å². The Morgan fingerprint density at radius 2 is 1.90 bits per heavy atom. The number of aromatic nitrogens is 1. The highest BCUT2D eigenvalue weighted by Gasteiger charge is 2.62. The summed E-state index contributed by atoms with van der Waals surface area (Å²) in [5.41, 5.74) is -0.593. The highest BCUT2D eigenvalue weighted by Crippen LogP contribution is 2.48. The number of allylic oxidation sites excluding steroid dienone is 1. The van der Waals surface area contributed by atoms with E-state index in [9.17, 15) is 40.8 Å². The lowest BCUT2D eigenvalue weighted by molar-refractivity contribution is -0.215. The standard InChI is InChI=1S/C42H56F3N5O9S/c1-6-7-13-20-60(55,56)49-38(53)41-22-27(41)14-11-9-8-10-12-15-32(47-39(54)58-35(25(2)3)42(43,44)45)37(52)50-24-40(23-33(50)36(51)48-41)19-18-29-30-21-28(57-5)16-17-31(30)46-26(4)34(29)59-40/h11,14,16-17,21,25,27,32-33,35H,6-10,12-13,15,18-20,22-24H2,1-5H3,(H,47,54)(H,48,51)(H,49,53)/b14-11-/t27-,32+,33+,35?,40-,41-/m1/s1. The second-order valence-corrected chi connectivity index (χ2v) is 18.8. The molecule has 0 radical (unpaired) electrons. The van der Waals surface area contributed by atoms with Crippen LogP contribution in [0.2, 0.25) is 0 Å². The third kappa shape index (κ3) is 9.78. The van der Waals surface area contributed by atoms with Gasteiger partial charge in [-0.05, 0) is 76.0 Å². The predicted molar refractivity (Wildman–Crippen MR) is 216 cm³/mol. The Bertz CT molecular complexity index is 2120. The summed E-state index contributed by atoms with van der Waals surface area (Å²) in [6.45, 7) is 6.11. The highest BCUT2D eigenvalue weighted by molar-refractivity contribution is 7.90. The molecule has 1 saturated carbocycles. The molecule has 330 valence electrons. The van der Waals surface area contributed by atoms with E-state index in [-0.39, 0.29) is 31.6 Å². The van der Waals surface area contributed by atoms with Gasteiger partial charge in [0.25, 0.3) is 5.91 Å². The lowest BCUT2D eigenvalue weighted by Gasteiger charge is -2.36. The van der Waals surface area contributed by atoms with Crippen molar-refractivity contribution in [3.05, 3.63) is 41.6 Å².